The molecule has 1 rings (SSSR count). The number of hydrogen-bond donors (Lipinski definition) is 1. The van der Waals surface area contributed by atoms with Gasteiger partial charge >= 0.3 is 0 Å². The predicted octanol–water partition coefficient (Wildman–Crippen LogP) is 3.51. The Morgan fingerprint density at radius 1 is 1.36 bits per heavy atom. The fraction of sp³-hybridized carbons (Fsp3) is 0.846. The van der Waals surface area contributed by atoms with Crippen molar-refractivity contribution in [3.05, 3.63) is 12.2 Å². The van der Waals surface area contributed by atoms with E-state index in [0.717, 1.165) is 18.4 Å². The lowest BCUT2D eigenvalue weighted by atomic mass is 9.91. The zero-order valence-corrected chi connectivity index (χ0v) is 9.81. The van der Waals surface area contributed by atoms with Gasteiger partial charge in [-0.3, -0.25) is 0 Å². The highest BCUT2D eigenvalue weighted by atomic mass is 14.9. The SMILES string of the molecule is C=C(CC)CC1CCCCC(NC)C1. The maximum Gasteiger partial charge on any atom is 0.00668 e. The molecule has 1 nitrogen and oxygen atoms in total. The van der Waals surface area contributed by atoms with Gasteiger partial charge in [0.25, 0.3) is 0 Å². The second kappa shape index (κ2) is 6.23. The molecule has 0 aromatic carbocycles. The van der Waals surface area contributed by atoms with Crippen LogP contribution in [0.5, 0.6) is 0 Å². The Hall–Kier alpha value is -0.300. The number of nitrogens with one attached hydrogen (secondary N) is 1. The topological polar surface area (TPSA) is 12.0 Å². The van der Waals surface area contributed by atoms with Gasteiger partial charge in [-0.25, -0.2) is 0 Å². The molecule has 1 fully saturated rings. The average Bonchev–Trinajstić information content (AvgIpc) is 2.42. The molecule has 1 saturated carbocycles. The molecular weight excluding hydrogens is 170 g/mol. The van der Waals surface area contributed by atoms with Gasteiger partial charge in [-0.1, -0.05) is 38.3 Å². The van der Waals surface area contributed by atoms with Crippen LogP contribution in [-0.2, 0) is 0 Å². The van der Waals surface area contributed by atoms with E-state index in [-0.39, 0.29) is 0 Å². The molecule has 2 unspecified atom stereocenters. The van der Waals surface area contributed by atoms with Crippen LogP contribution in [0.4, 0.5) is 0 Å². The molecule has 1 N–H and O–H groups in total. The zero-order valence-electron chi connectivity index (χ0n) is 9.81. The first-order valence-corrected chi connectivity index (χ1v) is 6.10. The summed E-state index contributed by atoms with van der Waals surface area (Å²) in [5.41, 5.74) is 1.44. The third-order valence-corrected chi connectivity index (χ3v) is 3.52. The molecule has 0 bridgehead atoms. The summed E-state index contributed by atoms with van der Waals surface area (Å²) in [6.45, 7) is 6.35. The highest BCUT2D eigenvalue weighted by Crippen LogP contribution is 2.28. The van der Waals surface area contributed by atoms with Gasteiger partial charge in [0.15, 0.2) is 0 Å². The zero-order chi connectivity index (χ0) is 10.4. The molecule has 14 heavy (non-hydrogen) atoms. The van der Waals surface area contributed by atoms with Crippen molar-refractivity contribution in [2.24, 2.45) is 5.92 Å². The summed E-state index contributed by atoms with van der Waals surface area (Å²) >= 11 is 0. The minimum atomic E-state index is 0.757. The molecule has 0 aromatic heterocycles. The maximum atomic E-state index is 4.13. The molecule has 1 aliphatic rings. The molecule has 0 radical (unpaired) electrons. The van der Waals surface area contributed by atoms with Crippen LogP contribution in [0.25, 0.3) is 0 Å². The monoisotopic (exact) mass is 195 g/mol. The molecule has 0 aromatic rings. The second-order valence-electron chi connectivity index (χ2n) is 4.68. The van der Waals surface area contributed by atoms with Crippen LogP contribution < -0.4 is 5.32 Å². The van der Waals surface area contributed by atoms with E-state index in [1.165, 1.54) is 44.1 Å². The second-order valence-corrected chi connectivity index (χ2v) is 4.68. The lowest BCUT2D eigenvalue weighted by molar-refractivity contribution is 0.398. The summed E-state index contributed by atoms with van der Waals surface area (Å²) in [5.74, 6) is 0.891. The summed E-state index contributed by atoms with van der Waals surface area (Å²) < 4.78 is 0. The normalized spacial score (nSPS) is 28.4. The van der Waals surface area contributed by atoms with E-state index in [1.54, 1.807) is 0 Å². The van der Waals surface area contributed by atoms with E-state index >= 15 is 0 Å². The first-order valence-electron chi connectivity index (χ1n) is 6.10. The molecule has 0 aliphatic heterocycles. The summed E-state index contributed by atoms with van der Waals surface area (Å²) in [4.78, 5) is 0. The largest absolute Gasteiger partial charge is 0.317 e. The molecule has 1 aliphatic carbocycles. The Morgan fingerprint density at radius 2 is 2.07 bits per heavy atom. The fourth-order valence-corrected chi connectivity index (χ4v) is 2.46. The van der Waals surface area contributed by atoms with Crippen molar-refractivity contribution in [2.45, 2.75) is 57.9 Å². The fourth-order valence-electron chi connectivity index (χ4n) is 2.46. The van der Waals surface area contributed by atoms with Crippen LogP contribution in [0.15, 0.2) is 12.2 Å². The van der Waals surface area contributed by atoms with Crippen LogP contribution in [0.1, 0.15) is 51.9 Å². The standard InChI is InChI=1S/C13H25N/c1-4-11(2)9-12-7-5-6-8-13(10-12)14-3/h12-14H,2,4-10H2,1,3H3. The van der Waals surface area contributed by atoms with E-state index in [2.05, 4.69) is 25.9 Å². The van der Waals surface area contributed by atoms with Gasteiger partial charge in [0.1, 0.15) is 0 Å². The molecule has 0 amide bonds. The van der Waals surface area contributed by atoms with Gasteiger partial charge in [-0.15, -0.1) is 0 Å². The van der Waals surface area contributed by atoms with Crippen molar-refractivity contribution in [1.29, 1.82) is 0 Å². The Kier molecular flexibility index (Phi) is 5.24. The smallest absolute Gasteiger partial charge is 0.00668 e. The van der Waals surface area contributed by atoms with Crippen LogP contribution in [0.2, 0.25) is 0 Å². The third kappa shape index (κ3) is 3.83. The van der Waals surface area contributed by atoms with Gasteiger partial charge in [-0.2, -0.15) is 0 Å². The molecule has 1 heteroatoms. The molecule has 0 spiro atoms. The Bertz CT molecular complexity index is 174. The molecular formula is C13H25N. The molecule has 2 atom stereocenters. The first kappa shape index (κ1) is 11.8. The van der Waals surface area contributed by atoms with E-state index in [9.17, 15) is 0 Å². The Labute approximate surface area is 89.0 Å². The Morgan fingerprint density at radius 3 is 2.71 bits per heavy atom. The first-order chi connectivity index (χ1) is 6.76. The van der Waals surface area contributed by atoms with Crippen molar-refractivity contribution < 1.29 is 0 Å². The molecule has 0 heterocycles. The van der Waals surface area contributed by atoms with E-state index in [1.807, 2.05) is 0 Å². The van der Waals surface area contributed by atoms with Gasteiger partial charge in [-0.05, 0) is 38.6 Å². The summed E-state index contributed by atoms with van der Waals surface area (Å²) in [6.07, 6.45) is 9.37. The van der Waals surface area contributed by atoms with Gasteiger partial charge in [0.2, 0.25) is 0 Å². The molecule has 82 valence electrons. The predicted molar refractivity (Wildman–Crippen MR) is 63.5 cm³/mol. The Balaban J connectivity index is 2.38. The highest BCUT2D eigenvalue weighted by Gasteiger charge is 2.18. The average molecular weight is 195 g/mol. The summed E-state index contributed by atoms with van der Waals surface area (Å²) in [7, 11) is 2.10. The van der Waals surface area contributed by atoms with Crippen molar-refractivity contribution in [3.63, 3.8) is 0 Å². The molecule has 0 saturated heterocycles. The minimum absolute atomic E-state index is 0.757. The third-order valence-electron chi connectivity index (χ3n) is 3.52. The van der Waals surface area contributed by atoms with Gasteiger partial charge < -0.3 is 5.32 Å². The number of hydrogen-bond acceptors (Lipinski definition) is 1. The van der Waals surface area contributed by atoms with Gasteiger partial charge in [0, 0.05) is 6.04 Å². The number of rotatable bonds is 4. The van der Waals surface area contributed by atoms with Gasteiger partial charge in [0.05, 0.1) is 0 Å². The maximum absolute atomic E-state index is 4.13. The van der Waals surface area contributed by atoms with Crippen molar-refractivity contribution in [1.82, 2.24) is 5.32 Å². The number of allylic oxidation sites excluding steroid dienone is 1. The summed E-state index contributed by atoms with van der Waals surface area (Å²) in [5, 5.41) is 3.44. The summed E-state index contributed by atoms with van der Waals surface area (Å²) in [6, 6.07) is 0.757. The quantitative estimate of drug-likeness (QED) is 0.534. The lowest BCUT2D eigenvalue weighted by Crippen LogP contribution is -2.26. The van der Waals surface area contributed by atoms with Crippen LogP contribution in [0, 0.1) is 5.92 Å². The van der Waals surface area contributed by atoms with Crippen LogP contribution in [0.3, 0.4) is 0 Å². The van der Waals surface area contributed by atoms with E-state index in [0.29, 0.717) is 0 Å². The van der Waals surface area contributed by atoms with Crippen molar-refractivity contribution in [3.8, 4) is 0 Å². The van der Waals surface area contributed by atoms with E-state index in [4.69, 9.17) is 0 Å². The van der Waals surface area contributed by atoms with Crippen molar-refractivity contribution in [2.75, 3.05) is 7.05 Å². The van der Waals surface area contributed by atoms with E-state index < -0.39 is 0 Å². The minimum Gasteiger partial charge on any atom is -0.317 e. The van der Waals surface area contributed by atoms with Crippen LogP contribution >= 0.6 is 0 Å². The van der Waals surface area contributed by atoms with Crippen LogP contribution in [-0.4, -0.2) is 13.1 Å². The lowest BCUT2D eigenvalue weighted by Gasteiger charge is -2.20. The highest BCUT2D eigenvalue weighted by molar-refractivity contribution is 4.95. The van der Waals surface area contributed by atoms with Crippen molar-refractivity contribution >= 4 is 0 Å².